The van der Waals surface area contributed by atoms with Gasteiger partial charge in [0.15, 0.2) is 0 Å². The number of aliphatic hydroxyl groups excluding tert-OH is 1. The standard InChI is InChI=1S/C15H18N2O10/c18-8(1-2-9(19)20)17-5-3-15(4-6-17)26-13(24)11(14(25)27-15)12(23)16-7-10(21)22/h24H,1-7H2,(H,16,23)(H,19,20)(H,21,22). The smallest absolute Gasteiger partial charge is 0.354 e. The second kappa shape index (κ2) is 7.93. The summed E-state index contributed by atoms with van der Waals surface area (Å²) >= 11 is 0. The van der Waals surface area contributed by atoms with Crippen LogP contribution in [-0.2, 0) is 33.4 Å². The molecule has 0 bridgehead atoms. The number of rotatable bonds is 6. The summed E-state index contributed by atoms with van der Waals surface area (Å²) in [6.45, 7) is -0.569. The summed E-state index contributed by atoms with van der Waals surface area (Å²) in [6, 6.07) is 0. The molecule has 1 saturated heterocycles. The molecule has 0 aromatic carbocycles. The van der Waals surface area contributed by atoms with Gasteiger partial charge in [-0.05, 0) is 0 Å². The Balaban J connectivity index is 1.99. The third kappa shape index (κ3) is 4.86. The van der Waals surface area contributed by atoms with Crippen molar-refractivity contribution < 1.29 is 48.8 Å². The molecule has 0 atom stereocenters. The predicted molar refractivity (Wildman–Crippen MR) is 82.9 cm³/mol. The fraction of sp³-hybridized carbons (Fsp3) is 0.533. The van der Waals surface area contributed by atoms with Gasteiger partial charge >= 0.3 is 23.9 Å². The van der Waals surface area contributed by atoms with Gasteiger partial charge < -0.3 is 35.0 Å². The monoisotopic (exact) mass is 386 g/mol. The number of esters is 1. The van der Waals surface area contributed by atoms with Crippen LogP contribution in [0.4, 0.5) is 0 Å². The molecule has 0 aromatic heterocycles. The van der Waals surface area contributed by atoms with E-state index in [4.69, 9.17) is 19.7 Å². The van der Waals surface area contributed by atoms with Crippen molar-refractivity contribution in [3.8, 4) is 0 Å². The highest BCUT2D eigenvalue weighted by molar-refractivity contribution is 6.17. The maximum atomic E-state index is 12.1. The number of piperidine rings is 1. The molecule has 2 amide bonds. The second-order valence-electron chi connectivity index (χ2n) is 5.93. The molecule has 2 aliphatic rings. The van der Waals surface area contributed by atoms with E-state index in [1.165, 1.54) is 4.90 Å². The van der Waals surface area contributed by atoms with E-state index in [2.05, 4.69) is 0 Å². The summed E-state index contributed by atoms with van der Waals surface area (Å²) in [4.78, 5) is 58.2. The van der Waals surface area contributed by atoms with Crippen molar-refractivity contribution in [2.45, 2.75) is 31.5 Å². The Kier molecular flexibility index (Phi) is 5.88. The van der Waals surface area contributed by atoms with Crippen LogP contribution in [0.25, 0.3) is 0 Å². The zero-order chi connectivity index (χ0) is 20.2. The number of carboxylic acid groups (broad SMARTS) is 2. The first kappa shape index (κ1) is 20.0. The van der Waals surface area contributed by atoms with Crippen molar-refractivity contribution in [2.24, 2.45) is 0 Å². The molecule has 0 aliphatic carbocycles. The number of ether oxygens (including phenoxy) is 2. The molecule has 27 heavy (non-hydrogen) atoms. The summed E-state index contributed by atoms with van der Waals surface area (Å²) in [6.07, 6.45) is -0.455. The molecule has 12 heteroatoms. The normalized spacial score (nSPS) is 18.5. The van der Waals surface area contributed by atoms with E-state index < -0.39 is 47.7 Å². The number of aliphatic carboxylic acids is 2. The molecule has 0 radical (unpaired) electrons. The number of nitrogens with zero attached hydrogens (tertiary/aromatic N) is 1. The highest BCUT2D eigenvalue weighted by Gasteiger charge is 2.48. The maximum Gasteiger partial charge on any atom is 0.354 e. The summed E-state index contributed by atoms with van der Waals surface area (Å²) in [5.41, 5.74) is -0.846. The Bertz CT molecular complexity index is 705. The topological polar surface area (TPSA) is 180 Å². The summed E-state index contributed by atoms with van der Waals surface area (Å²) in [5.74, 6) is -7.68. The Labute approximate surface area is 152 Å². The van der Waals surface area contributed by atoms with Crippen molar-refractivity contribution in [1.29, 1.82) is 0 Å². The first-order valence-corrected chi connectivity index (χ1v) is 7.99. The van der Waals surface area contributed by atoms with Gasteiger partial charge in [0.1, 0.15) is 6.54 Å². The Morgan fingerprint density at radius 2 is 1.67 bits per heavy atom. The van der Waals surface area contributed by atoms with E-state index in [1.54, 1.807) is 0 Å². The Hall–Kier alpha value is -3.31. The zero-order valence-electron chi connectivity index (χ0n) is 14.1. The summed E-state index contributed by atoms with van der Waals surface area (Å²) in [5, 5.41) is 29.0. The van der Waals surface area contributed by atoms with Crippen molar-refractivity contribution in [3.63, 3.8) is 0 Å². The van der Waals surface area contributed by atoms with Crippen LogP contribution in [-0.4, -0.2) is 75.4 Å². The minimum absolute atomic E-state index is 0.00559. The largest absolute Gasteiger partial charge is 0.481 e. The Morgan fingerprint density at radius 3 is 2.19 bits per heavy atom. The summed E-state index contributed by atoms with van der Waals surface area (Å²) in [7, 11) is 0. The van der Waals surface area contributed by atoms with Gasteiger partial charge in [-0.2, -0.15) is 0 Å². The molecule has 148 valence electrons. The third-order valence-electron chi connectivity index (χ3n) is 4.04. The van der Waals surface area contributed by atoms with Crippen LogP contribution in [0, 0.1) is 0 Å². The number of carboxylic acids is 2. The lowest BCUT2D eigenvalue weighted by Gasteiger charge is -2.42. The lowest BCUT2D eigenvalue weighted by atomic mass is 10.0. The molecular weight excluding hydrogens is 368 g/mol. The average molecular weight is 386 g/mol. The second-order valence-corrected chi connectivity index (χ2v) is 5.93. The number of carbonyl (C=O) groups excluding carboxylic acids is 3. The van der Waals surface area contributed by atoms with E-state index in [1.807, 2.05) is 5.32 Å². The van der Waals surface area contributed by atoms with Gasteiger partial charge in [-0.25, -0.2) is 4.79 Å². The summed E-state index contributed by atoms with van der Waals surface area (Å²) < 4.78 is 10.3. The van der Waals surface area contributed by atoms with Crippen LogP contribution in [0.2, 0.25) is 0 Å². The minimum Gasteiger partial charge on any atom is -0.481 e. The van der Waals surface area contributed by atoms with Crippen molar-refractivity contribution in [2.75, 3.05) is 19.6 Å². The van der Waals surface area contributed by atoms with E-state index >= 15 is 0 Å². The highest BCUT2D eigenvalue weighted by Crippen LogP contribution is 2.35. The van der Waals surface area contributed by atoms with E-state index in [-0.39, 0.29) is 44.7 Å². The fourth-order valence-electron chi connectivity index (χ4n) is 2.66. The van der Waals surface area contributed by atoms with Gasteiger partial charge in [-0.3, -0.25) is 19.2 Å². The van der Waals surface area contributed by atoms with Crippen LogP contribution in [0.5, 0.6) is 0 Å². The molecular formula is C15H18N2O10. The number of aliphatic hydroxyl groups is 1. The van der Waals surface area contributed by atoms with Crippen LogP contribution in [0.15, 0.2) is 11.5 Å². The molecule has 1 spiro atoms. The first-order valence-electron chi connectivity index (χ1n) is 7.99. The van der Waals surface area contributed by atoms with Crippen molar-refractivity contribution in [3.05, 3.63) is 11.5 Å². The van der Waals surface area contributed by atoms with Gasteiger partial charge in [-0.15, -0.1) is 0 Å². The first-order chi connectivity index (χ1) is 12.6. The highest BCUT2D eigenvalue weighted by atomic mass is 16.8. The molecule has 4 N–H and O–H groups in total. The molecule has 2 heterocycles. The van der Waals surface area contributed by atoms with Crippen LogP contribution in [0.1, 0.15) is 25.7 Å². The maximum absolute atomic E-state index is 12.1. The minimum atomic E-state index is -1.55. The lowest BCUT2D eigenvalue weighted by molar-refractivity contribution is -0.252. The number of carbonyl (C=O) groups is 5. The van der Waals surface area contributed by atoms with Crippen LogP contribution >= 0.6 is 0 Å². The quantitative estimate of drug-likeness (QED) is 0.317. The fourth-order valence-corrected chi connectivity index (χ4v) is 2.66. The molecule has 2 aliphatic heterocycles. The number of nitrogens with one attached hydrogen (secondary N) is 1. The predicted octanol–water partition coefficient (Wildman–Crippen LogP) is -1.29. The van der Waals surface area contributed by atoms with Crippen LogP contribution < -0.4 is 5.32 Å². The molecule has 1 fully saturated rings. The van der Waals surface area contributed by atoms with E-state index in [0.29, 0.717) is 0 Å². The number of amides is 2. The van der Waals surface area contributed by atoms with E-state index in [9.17, 15) is 29.1 Å². The van der Waals surface area contributed by atoms with Gasteiger partial charge in [0.05, 0.1) is 6.42 Å². The zero-order valence-corrected chi connectivity index (χ0v) is 14.1. The molecule has 12 nitrogen and oxygen atoms in total. The lowest BCUT2D eigenvalue weighted by Crippen LogP contribution is -2.53. The third-order valence-corrected chi connectivity index (χ3v) is 4.04. The van der Waals surface area contributed by atoms with Crippen LogP contribution in [0.3, 0.4) is 0 Å². The molecule has 0 unspecified atom stereocenters. The van der Waals surface area contributed by atoms with Gasteiger partial charge in [0.25, 0.3) is 11.7 Å². The number of likely N-dealkylation sites (tertiary alicyclic amines) is 1. The Morgan fingerprint density at radius 1 is 1.04 bits per heavy atom. The van der Waals surface area contributed by atoms with Gasteiger partial charge in [-0.1, -0.05) is 0 Å². The SMILES string of the molecule is O=C(O)CCC(=O)N1CCC2(CC1)OC(=O)C(C(=O)NCC(=O)O)=C(O)O2. The molecule has 0 aromatic rings. The van der Waals surface area contributed by atoms with Gasteiger partial charge in [0.2, 0.25) is 11.5 Å². The van der Waals surface area contributed by atoms with E-state index in [0.717, 1.165) is 0 Å². The van der Waals surface area contributed by atoms with Crippen molar-refractivity contribution >= 4 is 29.7 Å². The number of hydrogen-bond donors (Lipinski definition) is 4. The van der Waals surface area contributed by atoms with Gasteiger partial charge in [0, 0.05) is 32.4 Å². The average Bonchev–Trinajstić information content (AvgIpc) is 2.57. The molecule has 0 saturated carbocycles. The molecule has 2 rings (SSSR count). The number of hydrogen-bond acceptors (Lipinski definition) is 8. The van der Waals surface area contributed by atoms with Crippen molar-refractivity contribution in [1.82, 2.24) is 10.2 Å².